The van der Waals surface area contributed by atoms with Crippen molar-refractivity contribution >= 4 is 17.7 Å². The third-order valence-electron chi connectivity index (χ3n) is 4.56. The van der Waals surface area contributed by atoms with Crippen molar-refractivity contribution in [2.24, 2.45) is 0 Å². The molecule has 3 N–H and O–H groups in total. The van der Waals surface area contributed by atoms with Gasteiger partial charge in [0.25, 0.3) is 0 Å². The third-order valence-corrected chi connectivity index (χ3v) is 5.62. The second-order valence-corrected chi connectivity index (χ2v) is 7.87. The van der Waals surface area contributed by atoms with Gasteiger partial charge in [0.2, 0.25) is 11.1 Å². The number of nitrogens with one attached hydrogen (secondary N) is 1. The largest absolute Gasteiger partial charge is 0.355 e. The first-order valence-corrected chi connectivity index (χ1v) is 10.0. The van der Waals surface area contributed by atoms with Gasteiger partial charge >= 0.3 is 0 Å². The van der Waals surface area contributed by atoms with Gasteiger partial charge in [0, 0.05) is 6.54 Å². The van der Waals surface area contributed by atoms with E-state index >= 15 is 0 Å². The van der Waals surface area contributed by atoms with Crippen molar-refractivity contribution in [3.8, 4) is 11.4 Å². The molecule has 0 radical (unpaired) electrons. The Morgan fingerprint density at radius 1 is 1.37 bits per heavy atom. The highest BCUT2D eigenvalue weighted by Crippen LogP contribution is 2.26. The number of halogens is 1. The van der Waals surface area contributed by atoms with Gasteiger partial charge < -0.3 is 11.2 Å². The van der Waals surface area contributed by atoms with E-state index in [1.165, 1.54) is 40.9 Å². The summed E-state index contributed by atoms with van der Waals surface area (Å²) < 4.78 is 15.2. The van der Waals surface area contributed by atoms with Crippen LogP contribution in [-0.4, -0.2) is 32.6 Å². The summed E-state index contributed by atoms with van der Waals surface area (Å²) in [5.74, 6) is 5.75. The number of carbonyl (C=O) groups excluding carboxylic acids is 1. The van der Waals surface area contributed by atoms with Gasteiger partial charge in [0.05, 0.1) is 10.8 Å². The van der Waals surface area contributed by atoms with Crippen molar-refractivity contribution in [2.75, 3.05) is 12.4 Å². The lowest BCUT2D eigenvalue weighted by atomic mass is 9.97. The molecule has 0 spiro atoms. The molecule has 1 aliphatic carbocycles. The highest BCUT2D eigenvalue weighted by molar-refractivity contribution is 8.00. The molecule has 0 saturated carbocycles. The van der Waals surface area contributed by atoms with Crippen LogP contribution >= 0.6 is 11.8 Å². The number of hydrogen-bond donors (Lipinski definition) is 2. The van der Waals surface area contributed by atoms with Crippen LogP contribution in [0.4, 0.5) is 4.39 Å². The van der Waals surface area contributed by atoms with E-state index in [1.807, 2.05) is 0 Å². The number of amides is 1. The molecule has 0 saturated heterocycles. The van der Waals surface area contributed by atoms with Crippen LogP contribution in [0, 0.1) is 5.82 Å². The number of nitrogens with zero attached hydrogens (tertiary/aromatic N) is 3. The quantitative estimate of drug-likeness (QED) is 0.431. The highest BCUT2D eigenvalue weighted by atomic mass is 32.2. The van der Waals surface area contributed by atoms with Gasteiger partial charge in [0.15, 0.2) is 5.82 Å². The van der Waals surface area contributed by atoms with E-state index in [0.717, 1.165) is 19.3 Å². The summed E-state index contributed by atoms with van der Waals surface area (Å²) in [5, 5.41) is 10.9. The molecule has 6 nitrogen and oxygen atoms in total. The Hall–Kier alpha value is -2.35. The zero-order chi connectivity index (χ0) is 19.2. The molecule has 8 heteroatoms. The number of carbonyl (C=O) groups is 1. The Labute approximate surface area is 162 Å². The average molecular weight is 390 g/mol. The molecule has 1 atom stereocenters. The van der Waals surface area contributed by atoms with Gasteiger partial charge in [-0.25, -0.2) is 9.07 Å². The normalized spacial score (nSPS) is 15.3. The molecule has 2 aromatic rings. The van der Waals surface area contributed by atoms with E-state index in [9.17, 15) is 9.18 Å². The number of benzene rings is 1. The molecule has 3 rings (SSSR count). The summed E-state index contributed by atoms with van der Waals surface area (Å²) in [6.07, 6.45) is 7.96. The maximum absolute atomic E-state index is 13.9. The second-order valence-electron chi connectivity index (χ2n) is 6.57. The van der Waals surface area contributed by atoms with E-state index in [-0.39, 0.29) is 22.5 Å². The summed E-state index contributed by atoms with van der Waals surface area (Å²) in [6, 6.07) is 6.24. The number of allylic oxidation sites excluding steroid dienone is 1. The minimum absolute atomic E-state index is 0.0770. The Morgan fingerprint density at radius 3 is 2.93 bits per heavy atom. The van der Waals surface area contributed by atoms with Crippen LogP contribution < -0.4 is 11.2 Å². The van der Waals surface area contributed by atoms with E-state index < -0.39 is 5.82 Å². The molecular weight excluding hydrogens is 365 g/mol. The van der Waals surface area contributed by atoms with Crippen LogP contribution in [0.1, 0.15) is 39.0 Å². The van der Waals surface area contributed by atoms with Crippen LogP contribution in [0.25, 0.3) is 11.4 Å². The van der Waals surface area contributed by atoms with Gasteiger partial charge in [-0.3, -0.25) is 4.79 Å². The lowest BCUT2D eigenvalue weighted by molar-refractivity contribution is -0.120. The number of hydrogen-bond acceptors (Lipinski definition) is 5. The minimum atomic E-state index is -0.420. The fourth-order valence-electron chi connectivity index (χ4n) is 3.02. The maximum Gasteiger partial charge on any atom is 0.233 e. The molecule has 0 unspecified atom stereocenters. The zero-order valence-electron chi connectivity index (χ0n) is 15.3. The molecule has 1 amide bonds. The number of aromatic nitrogens is 3. The molecule has 27 heavy (non-hydrogen) atoms. The number of thioether (sulfide) groups is 1. The van der Waals surface area contributed by atoms with Crippen LogP contribution in [0.2, 0.25) is 0 Å². The Kier molecular flexibility index (Phi) is 6.49. The Morgan fingerprint density at radius 2 is 2.19 bits per heavy atom. The summed E-state index contributed by atoms with van der Waals surface area (Å²) >= 11 is 1.20. The van der Waals surface area contributed by atoms with Crippen molar-refractivity contribution in [1.29, 1.82) is 0 Å². The fraction of sp³-hybridized carbons (Fsp3) is 0.421. The number of rotatable bonds is 7. The van der Waals surface area contributed by atoms with Gasteiger partial charge in [-0.2, -0.15) is 0 Å². The van der Waals surface area contributed by atoms with E-state index in [1.54, 1.807) is 25.1 Å². The van der Waals surface area contributed by atoms with E-state index in [0.29, 0.717) is 11.7 Å². The van der Waals surface area contributed by atoms with E-state index in [2.05, 4.69) is 21.6 Å². The monoisotopic (exact) mass is 389 g/mol. The van der Waals surface area contributed by atoms with Crippen molar-refractivity contribution in [3.05, 3.63) is 41.7 Å². The first-order valence-electron chi connectivity index (χ1n) is 9.14. The molecule has 144 valence electrons. The van der Waals surface area contributed by atoms with Crippen molar-refractivity contribution in [3.63, 3.8) is 0 Å². The standard InChI is InChI=1S/C19H24FN5OS/c1-13(18(26)22-12-11-14-7-3-2-4-8-14)27-19-24-23-17(25(19)21)15-9-5-6-10-16(15)20/h5-7,9-10,13H,2-4,8,11-12,21H2,1H3,(H,22,26)/t13-/m0/s1. The molecule has 1 aromatic heterocycles. The molecule has 0 bridgehead atoms. The number of nitrogens with two attached hydrogens (primary N) is 1. The lowest BCUT2D eigenvalue weighted by Crippen LogP contribution is -2.32. The van der Waals surface area contributed by atoms with Crippen molar-refractivity contribution in [2.45, 2.75) is 49.4 Å². The number of nitrogen functional groups attached to an aromatic ring is 1. The van der Waals surface area contributed by atoms with Gasteiger partial charge in [0.1, 0.15) is 5.82 Å². The first-order chi connectivity index (χ1) is 13.1. The zero-order valence-corrected chi connectivity index (χ0v) is 16.1. The minimum Gasteiger partial charge on any atom is -0.355 e. The van der Waals surface area contributed by atoms with Crippen LogP contribution in [0.5, 0.6) is 0 Å². The smallest absolute Gasteiger partial charge is 0.233 e. The Bertz CT molecular complexity index is 835. The third kappa shape index (κ3) is 4.88. The summed E-state index contributed by atoms with van der Waals surface area (Å²) in [4.78, 5) is 12.3. The van der Waals surface area contributed by atoms with E-state index in [4.69, 9.17) is 5.84 Å². The highest BCUT2D eigenvalue weighted by Gasteiger charge is 2.21. The summed E-state index contributed by atoms with van der Waals surface area (Å²) in [6.45, 7) is 2.42. The topological polar surface area (TPSA) is 85.8 Å². The van der Waals surface area contributed by atoms with Gasteiger partial charge in [-0.15, -0.1) is 10.2 Å². The molecule has 1 heterocycles. The predicted octanol–water partition coefficient (Wildman–Crippen LogP) is 3.29. The van der Waals surface area contributed by atoms with Crippen molar-refractivity contribution < 1.29 is 9.18 Å². The van der Waals surface area contributed by atoms with Crippen LogP contribution in [0.3, 0.4) is 0 Å². The van der Waals surface area contributed by atoms with Crippen LogP contribution in [0.15, 0.2) is 41.1 Å². The Balaban J connectivity index is 1.56. The molecule has 0 aliphatic heterocycles. The molecular formula is C19H24FN5OS. The average Bonchev–Trinajstić information content (AvgIpc) is 3.03. The maximum atomic E-state index is 13.9. The van der Waals surface area contributed by atoms with Gasteiger partial charge in [-0.05, 0) is 51.2 Å². The first kappa shape index (κ1) is 19.4. The fourth-order valence-corrected chi connectivity index (χ4v) is 3.81. The van der Waals surface area contributed by atoms with Crippen molar-refractivity contribution in [1.82, 2.24) is 20.2 Å². The van der Waals surface area contributed by atoms with Gasteiger partial charge in [-0.1, -0.05) is 35.5 Å². The summed E-state index contributed by atoms with van der Waals surface area (Å²) in [5.41, 5.74) is 1.70. The molecule has 1 aromatic carbocycles. The molecule has 1 aliphatic rings. The second kappa shape index (κ2) is 9.03. The predicted molar refractivity (Wildman–Crippen MR) is 105 cm³/mol. The SMILES string of the molecule is C[C@H](Sc1nnc(-c2ccccc2F)n1N)C(=O)NCCC1=CCCCC1. The van der Waals surface area contributed by atoms with Crippen LogP contribution in [-0.2, 0) is 4.79 Å². The molecule has 0 fully saturated rings. The summed E-state index contributed by atoms with van der Waals surface area (Å²) in [7, 11) is 0. The lowest BCUT2D eigenvalue weighted by Gasteiger charge is -2.14.